The molecule has 0 fully saturated rings. The number of benzene rings is 1. The van der Waals surface area contributed by atoms with Crippen LogP contribution in [-0.4, -0.2) is 25.0 Å². The van der Waals surface area contributed by atoms with Crippen LogP contribution in [0, 0.1) is 23.3 Å². The number of halogens is 4. The van der Waals surface area contributed by atoms with Crippen molar-refractivity contribution in [3.63, 3.8) is 0 Å². The number of urea groups is 1. The zero-order valence-corrected chi connectivity index (χ0v) is 8.44. The van der Waals surface area contributed by atoms with Crippen LogP contribution in [-0.2, 0) is 0 Å². The third-order valence-corrected chi connectivity index (χ3v) is 1.75. The third kappa shape index (κ3) is 2.23. The van der Waals surface area contributed by atoms with Crippen molar-refractivity contribution in [1.29, 1.82) is 0 Å². The van der Waals surface area contributed by atoms with E-state index in [0.717, 1.165) is 4.90 Å². The van der Waals surface area contributed by atoms with Crippen LogP contribution in [0.1, 0.15) is 0 Å². The van der Waals surface area contributed by atoms with Crippen LogP contribution < -0.4 is 5.32 Å². The van der Waals surface area contributed by atoms with E-state index in [0.29, 0.717) is 0 Å². The van der Waals surface area contributed by atoms with Crippen molar-refractivity contribution in [3.05, 3.63) is 29.3 Å². The Balaban J connectivity index is 3.18. The van der Waals surface area contributed by atoms with Gasteiger partial charge in [0.1, 0.15) is 5.69 Å². The van der Waals surface area contributed by atoms with Gasteiger partial charge in [-0.2, -0.15) is 0 Å². The Morgan fingerprint density at radius 3 is 1.94 bits per heavy atom. The predicted octanol–water partition coefficient (Wildman–Crippen LogP) is 2.34. The average Bonchev–Trinajstić information content (AvgIpc) is 2.21. The highest BCUT2D eigenvalue weighted by Crippen LogP contribution is 2.24. The van der Waals surface area contributed by atoms with Crippen LogP contribution in [0.2, 0.25) is 0 Å². The number of anilines is 1. The van der Waals surface area contributed by atoms with Gasteiger partial charge >= 0.3 is 6.03 Å². The molecule has 7 heteroatoms. The van der Waals surface area contributed by atoms with Crippen molar-refractivity contribution in [2.45, 2.75) is 0 Å². The maximum atomic E-state index is 13.1. The van der Waals surface area contributed by atoms with Gasteiger partial charge in [0.05, 0.1) is 0 Å². The maximum absolute atomic E-state index is 13.1. The number of amides is 2. The van der Waals surface area contributed by atoms with Crippen molar-refractivity contribution in [2.24, 2.45) is 0 Å². The van der Waals surface area contributed by atoms with Crippen molar-refractivity contribution < 1.29 is 22.4 Å². The molecule has 0 heterocycles. The lowest BCUT2D eigenvalue weighted by atomic mass is 10.2. The molecule has 0 aliphatic carbocycles. The van der Waals surface area contributed by atoms with Crippen LogP contribution in [0.15, 0.2) is 6.07 Å². The highest BCUT2D eigenvalue weighted by molar-refractivity contribution is 5.89. The number of hydrogen-bond acceptors (Lipinski definition) is 1. The molecular formula is C9H8F4N2O. The largest absolute Gasteiger partial charge is 0.331 e. The van der Waals surface area contributed by atoms with E-state index in [1.807, 2.05) is 0 Å². The van der Waals surface area contributed by atoms with E-state index < -0.39 is 35.0 Å². The number of carbonyl (C=O) groups excluding carboxylic acids is 1. The van der Waals surface area contributed by atoms with Gasteiger partial charge in [-0.05, 0) is 0 Å². The van der Waals surface area contributed by atoms with Gasteiger partial charge in [0.25, 0.3) is 0 Å². The summed E-state index contributed by atoms with van der Waals surface area (Å²) in [5, 5.41) is 1.72. The Labute approximate surface area is 88.7 Å². The molecule has 0 atom stereocenters. The SMILES string of the molecule is CN(C)C(=O)Nc1c(F)c(F)cc(F)c1F. The summed E-state index contributed by atoms with van der Waals surface area (Å²) in [4.78, 5) is 12.0. The predicted molar refractivity (Wildman–Crippen MR) is 49.0 cm³/mol. The van der Waals surface area contributed by atoms with Gasteiger partial charge in [-0.1, -0.05) is 0 Å². The Kier molecular flexibility index (Phi) is 3.36. The summed E-state index contributed by atoms with van der Waals surface area (Å²) in [7, 11) is 2.61. The zero-order chi connectivity index (χ0) is 12.5. The fourth-order valence-electron chi connectivity index (χ4n) is 0.902. The molecule has 1 N–H and O–H groups in total. The quantitative estimate of drug-likeness (QED) is 0.589. The molecule has 0 bridgehead atoms. The molecule has 3 nitrogen and oxygen atoms in total. The van der Waals surface area contributed by atoms with E-state index in [4.69, 9.17) is 0 Å². The summed E-state index contributed by atoms with van der Waals surface area (Å²) >= 11 is 0. The van der Waals surface area contributed by atoms with Crippen LogP contribution in [0.5, 0.6) is 0 Å². The summed E-state index contributed by atoms with van der Waals surface area (Å²) < 4.78 is 51.6. The molecule has 0 saturated heterocycles. The first-order chi connectivity index (χ1) is 7.34. The average molecular weight is 236 g/mol. The van der Waals surface area contributed by atoms with Gasteiger partial charge < -0.3 is 10.2 Å². The van der Waals surface area contributed by atoms with E-state index in [1.165, 1.54) is 14.1 Å². The second-order valence-corrected chi connectivity index (χ2v) is 3.17. The molecule has 0 aliphatic heterocycles. The second kappa shape index (κ2) is 4.38. The summed E-state index contributed by atoms with van der Waals surface area (Å²) in [5.41, 5.74) is -1.14. The summed E-state index contributed by atoms with van der Waals surface area (Å²) in [6.07, 6.45) is 0. The summed E-state index contributed by atoms with van der Waals surface area (Å²) in [6, 6.07) is -0.835. The van der Waals surface area contributed by atoms with Crippen LogP contribution in [0.4, 0.5) is 28.0 Å². The van der Waals surface area contributed by atoms with E-state index in [9.17, 15) is 22.4 Å². The topological polar surface area (TPSA) is 32.3 Å². The molecule has 88 valence electrons. The molecule has 0 saturated carbocycles. The maximum Gasteiger partial charge on any atom is 0.321 e. The molecule has 1 rings (SSSR count). The lowest BCUT2D eigenvalue weighted by Crippen LogP contribution is -2.28. The van der Waals surface area contributed by atoms with Gasteiger partial charge in [-0.25, -0.2) is 22.4 Å². The standard InChI is InChI=1S/C9H8F4N2O/c1-15(2)9(16)14-8-6(12)4(10)3-5(11)7(8)13/h3H,1-2H3,(H,14,16). The first kappa shape index (κ1) is 12.3. The molecule has 1 aromatic carbocycles. The Morgan fingerprint density at radius 2 is 1.56 bits per heavy atom. The number of carbonyl (C=O) groups is 1. The Hall–Kier alpha value is -1.79. The Bertz CT molecular complexity index is 408. The number of nitrogens with zero attached hydrogens (tertiary/aromatic N) is 1. The molecule has 0 aromatic heterocycles. The van der Waals surface area contributed by atoms with E-state index in [2.05, 4.69) is 0 Å². The van der Waals surface area contributed by atoms with Crippen molar-refractivity contribution in [3.8, 4) is 0 Å². The third-order valence-electron chi connectivity index (χ3n) is 1.75. The first-order valence-electron chi connectivity index (χ1n) is 4.16. The van der Waals surface area contributed by atoms with E-state index in [-0.39, 0.29) is 6.07 Å². The van der Waals surface area contributed by atoms with Crippen LogP contribution in [0.3, 0.4) is 0 Å². The number of nitrogens with one attached hydrogen (secondary N) is 1. The van der Waals surface area contributed by atoms with Crippen molar-refractivity contribution in [1.82, 2.24) is 4.90 Å². The smallest absolute Gasteiger partial charge is 0.321 e. The molecule has 0 radical (unpaired) electrons. The summed E-state index contributed by atoms with van der Waals surface area (Å²) in [6.45, 7) is 0. The van der Waals surface area contributed by atoms with Gasteiger partial charge in [0.2, 0.25) is 0 Å². The molecular weight excluding hydrogens is 228 g/mol. The van der Waals surface area contributed by atoms with Gasteiger partial charge in [0.15, 0.2) is 23.3 Å². The molecule has 0 spiro atoms. The monoisotopic (exact) mass is 236 g/mol. The Morgan fingerprint density at radius 1 is 1.12 bits per heavy atom. The molecule has 0 unspecified atom stereocenters. The van der Waals surface area contributed by atoms with Crippen LogP contribution in [0.25, 0.3) is 0 Å². The highest BCUT2D eigenvalue weighted by Gasteiger charge is 2.21. The van der Waals surface area contributed by atoms with Crippen molar-refractivity contribution >= 4 is 11.7 Å². The number of hydrogen-bond donors (Lipinski definition) is 1. The lowest BCUT2D eigenvalue weighted by Gasteiger charge is -2.13. The fraction of sp³-hybridized carbons (Fsp3) is 0.222. The second-order valence-electron chi connectivity index (χ2n) is 3.17. The molecule has 1 aromatic rings. The molecule has 16 heavy (non-hydrogen) atoms. The molecule has 2 amide bonds. The zero-order valence-electron chi connectivity index (χ0n) is 8.44. The fourth-order valence-corrected chi connectivity index (χ4v) is 0.902. The van der Waals surface area contributed by atoms with Crippen molar-refractivity contribution in [2.75, 3.05) is 19.4 Å². The normalized spacial score (nSPS) is 10.1. The summed E-state index contributed by atoms with van der Waals surface area (Å²) in [5.74, 6) is -6.44. The lowest BCUT2D eigenvalue weighted by molar-refractivity contribution is 0.230. The minimum atomic E-state index is -1.64. The molecule has 0 aliphatic rings. The first-order valence-corrected chi connectivity index (χ1v) is 4.16. The van der Waals surface area contributed by atoms with Gasteiger partial charge in [-0.3, -0.25) is 0 Å². The minimum Gasteiger partial charge on any atom is -0.331 e. The van der Waals surface area contributed by atoms with Gasteiger partial charge in [-0.15, -0.1) is 0 Å². The number of rotatable bonds is 1. The van der Waals surface area contributed by atoms with Crippen LogP contribution >= 0.6 is 0 Å². The minimum absolute atomic E-state index is 0.0655. The van der Waals surface area contributed by atoms with E-state index >= 15 is 0 Å². The van der Waals surface area contributed by atoms with E-state index in [1.54, 1.807) is 5.32 Å². The van der Waals surface area contributed by atoms with Gasteiger partial charge in [0, 0.05) is 20.2 Å². The highest BCUT2D eigenvalue weighted by atomic mass is 19.2.